The molecule has 0 N–H and O–H groups in total. The SMILES string of the molecule is CCCCCC1CCC(c2cnc(-c3ccc(-c4cc(F)c(C(F)(F)Oc5cc(F)c(OC(F)F)c(F)c5)c(F)c4)c(F)c3)nc2)CC1. The molecule has 0 amide bonds. The number of ether oxygens (including phenoxy) is 2. The number of alkyl halides is 4. The average molecular weight is 683 g/mol. The monoisotopic (exact) mass is 682 g/mol. The van der Waals surface area contributed by atoms with Crippen LogP contribution >= 0.6 is 0 Å². The van der Waals surface area contributed by atoms with Crippen LogP contribution in [0.2, 0.25) is 0 Å². The van der Waals surface area contributed by atoms with Gasteiger partial charge in [0.25, 0.3) is 0 Å². The number of nitrogens with zero attached hydrogens (tertiary/aromatic N) is 2. The van der Waals surface area contributed by atoms with E-state index in [0.29, 0.717) is 18.1 Å². The smallest absolute Gasteiger partial charge is 0.429 e. The molecule has 1 aromatic heterocycles. The molecule has 13 heteroatoms. The Bertz CT molecular complexity index is 1680. The molecule has 1 aliphatic rings. The predicted octanol–water partition coefficient (Wildman–Crippen LogP) is 11.1. The molecular formula is C35H31F9N2O2. The highest BCUT2D eigenvalue weighted by atomic mass is 19.3. The Balaban J connectivity index is 1.29. The van der Waals surface area contributed by atoms with Gasteiger partial charge in [-0.3, -0.25) is 0 Å². The van der Waals surface area contributed by atoms with Crippen LogP contribution in [0.3, 0.4) is 0 Å². The molecule has 0 unspecified atom stereocenters. The maximum Gasteiger partial charge on any atom is 0.432 e. The van der Waals surface area contributed by atoms with Crippen molar-refractivity contribution in [3.05, 3.63) is 95.1 Å². The normalized spacial score (nSPS) is 16.7. The molecule has 1 heterocycles. The average Bonchev–Trinajstić information content (AvgIpc) is 3.02. The molecule has 5 rings (SSSR count). The van der Waals surface area contributed by atoms with Gasteiger partial charge in [-0.15, -0.1) is 0 Å². The Morgan fingerprint density at radius 1 is 0.771 bits per heavy atom. The molecule has 0 bridgehead atoms. The topological polar surface area (TPSA) is 44.2 Å². The first kappa shape index (κ1) is 35.0. The van der Waals surface area contributed by atoms with Gasteiger partial charge in [0.15, 0.2) is 23.2 Å². The van der Waals surface area contributed by atoms with Gasteiger partial charge in [0.2, 0.25) is 0 Å². The summed E-state index contributed by atoms with van der Waals surface area (Å²) in [5.41, 5.74) is -1.40. The Morgan fingerprint density at radius 2 is 1.38 bits per heavy atom. The standard InChI is InChI=1S/C35H31F9N2O2/c1-2-3-4-5-19-6-8-20(9-7-19)23-17-45-33(46-18-23)21-10-11-25(26(36)12-21)22-13-27(37)31(28(38)14-22)35(43,44)48-24-15-29(39)32(30(40)16-24)47-34(41)42/h10-20,34H,2-9H2,1H3. The zero-order chi connectivity index (χ0) is 34.6. The largest absolute Gasteiger partial charge is 0.432 e. The van der Waals surface area contributed by atoms with Crippen LogP contribution in [0.5, 0.6) is 11.5 Å². The van der Waals surface area contributed by atoms with E-state index >= 15 is 4.39 Å². The van der Waals surface area contributed by atoms with Crippen LogP contribution in [-0.4, -0.2) is 16.6 Å². The zero-order valence-corrected chi connectivity index (χ0v) is 25.7. The Hall–Kier alpha value is -4.29. The van der Waals surface area contributed by atoms with Crippen LogP contribution in [0.25, 0.3) is 22.5 Å². The van der Waals surface area contributed by atoms with Crippen LogP contribution < -0.4 is 9.47 Å². The first-order valence-corrected chi connectivity index (χ1v) is 15.5. The first-order valence-electron chi connectivity index (χ1n) is 15.5. The lowest BCUT2D eigenvalue weighted by Gasteiger charge is -2.28. The van der Waals surface area contributed by atoms with Crippen molar-refractivity contribution < 1.29 is 49.0 Å². The van der Waals surface area contributed by atoms with Crippen LogP contribution in [0.4, 0.5) is 39.5 Å². The molecule has 0 spiro atoms. The summed E-state index contributed by atoms with van der Waals surface area (Å²) in [6, 6.07) is 4.70. The van der Waals surface area contributed by atoms with E-state index < -0.39 is 64.4 Å². The molecule has 4 nitrogen and oxygen atoms in total. The molecule has 48 heavy (non-hydrogen) atoms. The van der Waals surface area contributed by atoms with Crippen molar-refractivity contribution in [1.29, 1.82) is 0 Å². The van der Waals surface area contributed by atoms with E-state index in [-0.39, 0.29) is 29.1 Å². The Morgan fingerprint density at radius 3 is 1.94 bits per heavy atom. The molecule has 0 atom stereocenters. The van der Waals surface area contributed by atoms with E-state index in [0.717, 1.165) is 43.2 Å². The molecule has 0 saturated heterocycles. The maximum absolute atomic E-state index is 15.2. The van der Waals surface area contributed by atoms with Gasteiger partial charge in [-0.1, -0.05) is 44.7 Å². The number of hydrogen-bond acceptors (Lipinski definition) is 4. The van der Waals surface area contributed by atoms with Gasteiger partial charge >= 0.3 is 12.7 Å². The summed E-state index contributed by atoms with van der Waals surface area (Å²) in [6.07, 6.45) is 7.99. The van der Waals surface area contributed by atoms with Crippen molar-refractivity contribution in [3.8, 4) is 34.0 Å². The van der Waals surface area contributed by atoms with Crippen molar-refractivity contribution in [2.45, 2.75) is 76.9 Å². The molecule has 3 aromatic carbocycles. The number of rotatable bonds is 12. The molecular weight excluding hydrogens is 651 g/mol. The van der Waals surface area contributed by atoms with E-state index in [1.165, 1.54) is 37.8 Å². The lowest BCUT2D eigenvalue weighted by molar-refractivity contribution is -0.189. The number of aromatic nitrogens is 2. The second-order valence-corrected chi connectivity index (χ2v) is 11.8. The fraction of sp³-hybridized carbons (Fsp3) is 0.371. The van der Waals surface area contributed by atoms with E-state index in [2.05, 4.69) is 26.4 Å². The summed E-state index contributed by atoms with van der Waals surface area (Å²) in [5.74, 6) is -9.82. The quantitative estimate of drug-likeness (QED) is 0.110. The fourth-order valence-electron chi connectivity index (χ4n) is 6.06. The van der Waals surface area contributed by atoms with Crippen molar-refractivity contribution in [3.63, 3.8) is 0 Å². The summed E-state index contributed by atoms with van der Waals surface area (Å²) >= 11 is 0. The predicted molar refractivity (Wildman–Crippen MR) is 159 cm³/mol. The third-order valence-electron chi connectivity index (χ3n) is 8.50. The molecule has 0 radical (unpaired) electrons. The maximum atomic E-state index is 15.2. The van der Waals surface area contributed by atoms with Crippen molar-refractivity contribution in [2.75, 3.05) is 0 Å². The van der Waals surface area contributed by atoms with E-state index in [9.17, 15) is 35.1 Å². The second-order valence-electron chi connectivity index (χ2n) is 11.8. The third kappa shape index (κ3) is 8.04. The third-order valence-corrected chi connectivity index (χ3v) is 8.50. The van der Waals surface area contributed by atoms with Crippen LogP contribution in [0.15, 0.2) is 54.9 Å². The number of benzene rings is 3. The molecule has 256 valence electrons. The number of hydrogen-bond donors (Lipinski definition) is 0. The van der Waals surface area contributed by atoms with Gasteiger partial charge in [0.1, 0.15) is 28.8 Å². The van der Waals surface area contributed by atoms with Crippen LogP contribution in [-0.2, 0) is 6.11 Å². The summed E-state index contributed by atoms with van der Waals surface area (Å²) in [6.45, 7) is -1.43. The summed E-state index contributed by atoms with van der Waals surface area (Å²) in [4.78, 5) is 8.79. The highest BCUT2D eigenvalue weighted by molar-refractivity contribution is 5.69. The number of halogens is 9. The minimum absolute atomic E-state index is 0.0769. The summed E-state index contributed by atoms with van der Waals surface area (Å²) < 4.78 is 135. The minimum Gasteiger partial charge on any atom is -0.429 e. The van der Waals surface area contributed by atoms with E-state index in [1.54, 1.807) is 12.4 Å². The van der Waals surface area contributed by atoms with E-state index in [4.69, 9.17) is 0 Å². The van der Waals surface area contributed by atoms with Crippen molar-refractivity contribution >= 4 is 0 Å². The fourth-order valence-corrected chi connectivity index (χ4v) is 6.06. The minimum atomic E-state index is -4.84. The van der Waals surface area contributed by atoms with Gasteiger partial charge in [0.05, 0.1) is 0 Å². The summed E-state index contributed by atoms with van der Waals surface area (Å²) in [5, 5.41) is 0. The van der Waals surface area contributed by atoms with Crippen LogP contribution in [0, 0.1) is 35.0 Å². The van der Waals surface area contributed by atoms with Crippen molar-refractivity contribution in [1.82, 2.24) is 9.97 Å². The van der Waals surface area contributed by atoms with E-state index in [1.807, 2.05) is 0 Å². The molecule has 1 fully saturated rings. The molecule has 1 aliphatic carbocycles. The van der Waals surface area contributed by atoms with Crippen molar-refractivity contribution in [2.24, 2.45) is 5.92 Å². The first-order chi connectivity index (χ1) is 22.9. The van der Waals surface area contributed by atoms with Gasteiger partial charge in [-0.2, -0.15) is 17.6 Å². The zero-order valence-electron chi connectivity index (χ0n) is 25.7. The molecule has 4 aromatic rings. The second kappa shape index (κ2) is 14.9. The Labute approximate surface area is 270 Å². The lowest BCUT2D eigenvalue weighted by atomic mass is 9.77. The van der Waals surface area contributed by atoms with Gasteiger partial charge in [0, 0.05) is 35.7 Å². The highest BCUT2D eigenvalue weighted by Gasteiger charge is 2.42. The highest BCUT2D eigenvalue weighted by Crippen LogP contribution is 2.40. The lowest BCUT2D eigenvalue weighted by Crippen LogP contribution is -2.25. The molecule has 1 saturated carbocycles. The molecule has 0 aliphatic heterocycles. The van der Waals surface area contributed by atoms with Gasteiger partial charge in [-0.25, -0.2) is 31.9 Å². The van der Waals surface area contributed by atoms with Gasteiger partial charge in [-0.05, 0) is 66.8 Å². The summed E-state index contributed by atoms with van der Waals surface area (Å²) in [7, 11) is 0. The van der Waals surface area contributed by atoms with Gasteiger partial charge < -0.3 is 9.47 Å². The Kier molecular flexibility index (Phi) is 10.8. The van der Waals surface area contributed by atoms with Crippen LogP contribution in [0.1, 0.15) is 75.3 Å². The number of unbranched alkanes of at least 4 members (excludes halogenated alkanes) is 2.